The Labute approximate surface area is 117 Å². The Bertz CT molecular complexity index is 596. The van der Waals surface area contributed by atoms with Crippen molar-refractivity contribution in [1.82, 2.24) is 9.97 Å². The van der Waals surface area contributed by atoms with Crippen LogP contribution in [0.1, 0.15) is 19.8 Å². The van der Waals surface area contributed by atoms with Crippen LogP contribution in [0.4, 0.5) is 5.82 Å². The highest BCUT2D eigenvalue weighted by Crippen LogP contribution is 2.29. The van der Waals surface area contributed by atoms with E-state index in [1.807, 2.05) is 24.3 Å². The predicted octanol–water partition coefficient (Wildman–Crippen LogP) is 3.26. The Morgan fingerprint density at radius 2 is 1.95 bits per heavy atom. The summed E-state index contributed by atoms with van der Waals surface area (Å²) in [7, 11) is 0. The van der Waals surface area contributed by atoms with Gasteiger partial charge in [-0.1, -0.05) is 12.1 Å². The smallest absolute Gasteiger partial charge is 0.224 e. The molecule has 2 heterocycles. The molecule has 100 valence electrons. The molecule has 0 atom stereocenters. The molecule has 4 nitrogen and oxygen atoms in total. The molecule has 0 amide bonds. The fourth-order valence-corrected chi connectivity index (χ4v) is 2.55. The third-order valence-corrected chi connectivity index (χ3v) is 3.76. The Morgan fingerprint density at radius 3 is 2.74 bits per heavy atom. The van der Waals surface area contributed by atoms with Crippen LogP contribution >= 0.6 is 11.6 Å². The first-order valence-corrected chi connectivity index (χ1v) is 6.82. The van der Waals surface area contributed by atoms with Crippen molar-refractivity contribution >= 4 is 28.3 Å². The van der Waals surface area contributed by atoms with Gasteiger partial charge in [0.25, 0.3) is 0 Å². The molecule has 1 aliphatic rings. The van der Waals surface area contributed by atoms with Gasteiger partial charge >= 0.3 is 0 Å². The van der Waals surface area contributed by atoms with E-state index in [2.05, 4.69) is 22.2 Å². The topological polar surface area (TPSA) is 47.0 Å². The monoisotopic (exact) mass is 277 g/mol. The zero-order valence-electron chi connectivity index (χ0n) is 10.8. The molecule has 1 N–H and O–H groups in total. The lowest BCUT2D eigenvalue weighted by molar-refractivity contribution is 0.0657. The van der Waals surface area contributed by atoms with Crippen LogP contribution in [0.25, 0.3) is 10.9 Å². The minimum atomic E-state index is -0.00129. The summed E-state index contributed by atoms with van der Waals surface area (Å²) in [4.78, 5) is 8.58. The quantitative estimate of drug-likeness (QED) is 0.856. The van der Waals surface area contributed by atoms with Gasteiger partial charge in [-0.25, -0.2) is 9.97 Å². The second kappa shape index (κ2) is 4.94. The normalized spacial score (nSPS) is 18.4. The zero-order chi connectivity index (χ0) is 13.3. The lowest BCUT2D eigenvalue weighted by Crippen LogP contribution is -2.41. The summed E-state index contributed by atoms with van der Waals surface area (Å²) in [6.07, 6.45) is 1.92. The number of rotatable bonds is 2. The van der Waals surface area contributed by atoms with Crippen LogP contribution in [-0.2, 0) is 4.74 Å². The molecule has 1 aromatic carbocycles. The molecule has 5 heteroatoms. The summed E-state index contributed by atoms with van der Waals surface area (Å²) >= 11 is 6.00. The van der Waals surface area contributed by atoms with Gasteiger partial charge in [0.05, 0.1) is 5.52 Å². The standard InChI is InChI=1S/C14H16ClN3O/c1-14(6-8-19-9-7-14)18-12-10-4-2-3-5-11(10)16-13(15)17-12/h2-5H,6-9H2,1H3,(H,16,17,18). The molecule has 1 saturated heterocycles. The number of hydrogen-bond donors (Lipinski definition) is 1. The molecule has 0 aliphatic carbocycles. The third-order valence-electron chi connectivity index (χ3n) is 3.59. The first-order chi connectivity index (χ1) is 9.16. The fraction of sp³-hybridized carbons (Fsp3) is 0.429. The van der Waals surface area contributed by atoms with E-state index in [4.69, 9.17) is 16.3 Å². The summed E-state index contributed by atoms with van der Waals surface area (Å²) in [6.45, 7) is 3.75. The van der Waals surface area contributed by atoms with Gasteiger partial charge in [-0.05, 0) is 43.5 Å². The summed E-state index contributed by atoms with van der Waals surface area (Å²) in [5, 5.41) is 4.80. The number of anilines is 1. The highest BCUT2D eigenvalue weighted by molar-refractivity contribution is 6.28. The minimum absolute atomic E-state index is 0.00129. The van der Waals surface area contributed by atoms with E-state index in [0.717, 1.165) is 42.8 Å². The summed E-state index contributed by atoms with van der Waals surface area (Å²) in [5.41, 5.74) is 0.860. The largest absolute Gasteiger partial charge is 0.381 e. The Balaban J connectivity index is 2.00. The molecule has 0 bridgehead atoms. The van der Waals surface area contributed by atoms with Gasteiger partial charge in [-0.3, -0.25) is 0 Å². The van der Waals surface area contributed by atoms with Crippen molar-refractivity contribution in [2.45, 2.75) is 25.3 Å². The number of aromatic nitrogens is 2. The van der Waals surface area contributed by atoms with E-state index in [1.54, 1.807) is 0 Å². The number of para-hydroxylation sites is 1. The maximum absolute atomic E-state index is 6.00. The van der Waals surface area contributed by atoms with E-state index in [-0.39, 0.29) is 10.8 Å². The van der Waals surface area contributed by atoms with Crippen molar-refractivity contribution in [3.05, 3.63) is 29.5 Å². The van der Waals surface area contributed by atoms with Crippen molar-refractivity contribution in [2.24, 2.45) is 0 Å². The van der Waals surface area contributed by atoms with Crippen LogP contribution in [-0.4, -0.2) is 28.7 Å². The Hall–Kier alpha value is -1.39. The van der Waals surface area contributed by atoms with E-state index in [1.165, 1.54) is 0 Å². The number of halogens is 1. The first-order valence-electron chi connectivity index (χ1n) is 6.45. The molecular formula is C14H16ClN3O. The van der Waals surface area contributed by atoms with Gasteiger partial charge in [0.2, 0.25) is 5.28 Å². The maximum Gasteiger partial charge on any atom is 0.224 e. The van der Waals surface area contributed by atoms with Gasteiger partial charge < -0.3 is 10.1 Å². The van der Waals surface area contributed by atoms with Crippen LogP contribution < -0.4 is 5.32 Å². The molecule has 0 spiro atoms. The van der Waals surface area contributed by atoms with Crippen LogP contribution in [0.2, 0.25) is 5.28 Å². The zero-order valence-corrected chi connectivity index (χ0v) is 11.6. The number of hydrogen-bond acceptors (Lipinski definition) is 4. The van der Waals surface area contributed by atoms with Gasteiger partial charge in [-0.15, -0.1) is 0 Å². The molecule has 1 fully saturated rings. The summed E-state index contributed by atoms with van der Waals surface area (Å²) < 4.78 is 5.42. The van der Waals surface area contributed by atoms with Gasteiger partial charge in [-0.2, -0.15) is 0 Å². The van der Waals surface area contributed by atoms with E-state index >= 15 is 0 Å². The van der Waals surface area contributed by atoms with Crippen LogP contribution in [0.5, 0.6) is 0 Å². The van der Waals surface area contributed by atoms with Crippen LogP contribution in [0.15, 0.2) is 24.3 Å². The Morgan fingerprint density at radius 1 is 1.21 bits per heavy atom. The van der Waals surface area contributed by atoms with Crippen molar-refractivity contribution < 1.29 is 4.74 Å². The fourth-order valence-electron chi connectivity index (χ4n) is 2.38. The molecule has 0 radical (unpaired) electrons. The molecule has 1 aromatic heterocycles. The number of nitrogens with one attached hydrogen (secondary N) is 1. The average Bonchev–Trinajstić information content (AvgIpc) is 2.39. The maximum atomic E-state index is 6.00. The second-order valence-electron chi connectivity index (χ2n) is 5.16. The molecule has 1 aliphatic heterocycles. The van der Waals surface area contributed by atoms with Gasteiger partial charge in [0.15, 0.2) is 0 Å². The SMILES string of the molecule is CC1(Nc2nc(Cl)nc3ccccc23)CCOCC1. The van der Waals surface area contributed by atoms with Gasteiger partial charge in [0, 0.05) is 24.1 Å². The van der Waals surface area contributed by atoms with Crippen molar-refractivity contribution in [3.63, 3.8) is 0 Å². The van der Waals surface area contributed by atoms with Crippen molar-refractivity contribution in [2.75, 3.05) is 18.5 Å². The van der Waals surface area contributed by atoms with E-state index < -0.39 is 0 Å². The highest BCUT2D eigenvalue weighted by Gasteiger charge is 2.28. The molecule has 0 unspecified atom stereocenters. The van der Waals surface area contributed by atoms with E-state index in [9.17, 15) is 0 Å². The van der Waals surface area contributed by atoms with Crippen LogP contribution in [0.3, 0.4) is 0 Å². The second-order valence-corrected chi connectivity index (χ2v) is 5.49. The summed E-state index contributed by atoms with van der Waals surface area (Å²) in [6, 6.07) is 7.89. The minimum Gasteiger partial charge on any atom is -0.381 e. The molecule has 3 rings (SSSR count). The lowest BCUT2D eigenvalue weighted by Gasteiger charge is -2.35. The van der Waals surface area contributed by atoms with Gasteiger partial charge in [0.1, 0.15) is 5.82 Å². The summed E-state index contributed by atoms with van der Waals surface area (Å²) in [5.74, 6) is 0.806. The number of nitrogens with zero attached hydrogens (tertiary/aromatic N) is 2. The number of fused-ring (bicyclic) bond motifs is 1. The molecular weight excluding hydrogens is 262 g/mol. The van der Waals surface area contributed by atoms with Crippen molar-refractivity contribution in [1.29, 1.82) is 0 Å². The van der Waals surface area contributed by atoms with Crippen molar-refractivity contribution in [3.8, 4) is 0 Å². The lowest BCUT2D eigenvalue weighted by atomic mass is 9.92. The third kappa shape index (κ3) is 2.65. The average molecular weight is 278 g/mol. The Kier molecular flexibility index (Phi) is 3.29. The highest BCUT2D eigenvalue weighted by atomic mass is 35.5. The number of benzene rings is 1. The van der Waals surface area contributed by atoms with Crippen LogP contribution in [0, 0.1) is 0 Å². The predicted molar refractivity (Wildman–Crippen MR) is 76.6 cm³/mol. The number of ether oxygens (including phenoxy) is 1. The molecule has 0 saturated carbocycles. The van der Waals surface area contributed by atoms with E-state index in [0.29, 0.717) is 0 Å². The molecule has 19 heavy (non-hydrogen) atoms. The first kappa shape index (κ1) is 12.6. The molecule has 2 aromatic rings.